The molecule has 8 heteroatoms. The van der Waals surface area contributed by atoms with E-state index in [4.69, 9.17) is 4.84 Å². The van der Waals surface area contributed by atoms with Crippen LogP contribution in [0.15, 0.2) is 35.4 Å². The average molecular weight is 448 g/mol. The fraction of sp³-hybridized carbons (Fsp3) is 0.667. The smallest absolute Gasteiger partial charge is 0.333 e. The molecule has 0 radical (unpaired) electrons. The van der Waals surface area contributed by atoms with Crippen molar-refractivity contribution >= 4 is 11.8 Å². The van der Waals surface area contributed by atoms with Crippen molar-refractivity contribution in [2.24, 2.45) is 28.3 Å². The van der Waals surface area contributed by atoms with Crippen LogP contribution in [0.4, 0.5) is 13.2 Å². The number of fused-ring (bicyclic) bond motifs is 1. The van der Waals surface area contributed by atoms with Crippen molar-refractivity contribution in [2.75, 3.05) is 6.54 Å². The van der Waals surface area contributed by atoms with Gasteiger partial charge in [-0.15, -0.1) is 5.10 Å². The fourth-order valence-corrected chi connectivity index (χ4v) is 7.74. The summed E-state index contributed by atoms with van der Waals surface area (Å²) in [5.74, 6) is 0.639. The molecule has 2 atom stereocenters. The number of amidine groups is 1. The zero-order valence-corrected chi connectivity index (χ0v) is 17.9. The third-order valence-corrected chi connectivity index (χ3v) is 8.43. The van der Waals surface area contributed by atoms with Crippen molar-refractivity contribution < 1.29 is 22.8 Å². The monoisotopic (exact) mass is 447 g/mol. The van der Waals surface area contributed by atoms with E-state index >= 15 is 0 Å². The van der Waals surface area contributed by atoms with E-state index in [1.54, 1.807) is 0 Å². The molecular formula is C24H28F3N3O2. The normalized spacial score (nSPS) is 38.0. The number of carbonyl (C=O) groups excluding carboxylic acids is 1. The van der Waals surface area contributed by atoms with Gasteiger partial charge in [-0.3, -0.25) is 0 Å². The molecule has 32 heavy (non-hydrogen) atoms. The van der Waals surface area contributed by atoms with Crippen LogP contribution in [0.25, 0.3) is 0 Å². The number of hydrogen-bond acceptors (Lipinski definition) is 5. The standard InChI is InChI=1S/C24H28F3N3O2/c25-24(26,27)22(31)32-30-20-19(18-5-2-1-3-6-18)7-4-8-29(20)21(28-30)23-12-15-9-16(13-23)11-17(10-15)14-23/h1-3,5-6,15-17,19-20H,4,7-14H2. The number of carbonyl (C=O) groups is 1. The predicted molar refractivity (Wildman–Crippen MR) is 111 cm³/mol. The van der Waals surface area contributed by atoms with E-state index in [0.29, 0.717) is 17.8 Å². The fourth-order valence-electron chi connectivity index (χ4n) is 7.74. The summed E-state index contributed by atoms with van der Waals surface area (Å²) in [6.07, 6.45) is 3.15. The molecule has 172 valence electrons. The first kappa shape index (κ1) is 20.4. The van der Waals surface area contributed by atoms with Gasteiger partial charge >= 0.3 is 12.1 Å². The van der Waals surface area contributed by atoms with E-state index < -0.39 is 18.3 Å². The minimum absolute atomic E-state index is 0.0823. The Balaban J connectivity index is 1.38. The van der Waals surface area contributed by atoms with E-state index in [9.17, 15) is 18.0 Å². The second-order valence-corrected chi connectivity index (χ2v) is 10.6. The van der Waals surface area contributed by atoms with Gasteiger partial charge in [0.1, 0.15) is 5.84 Å². The maximum absolute atomic E-state index is 13.1. The lowest BCUT2D eigenvalue weighted by Crippen LogP contribution is -2.57. The van der Waals surface area contributed by atoms with Crippen LogP contribution in [-0.4, -0.2) is 40.8 Å². The SMILES string of the molecule is O=C(ON1N=C(C23CC4CC(CC(C4)C2)C3)N2CCCC(c3ccccc3)C12)C(F)(F)F. The molecule has 7 rings (SSSR count). The van der Waals surface area contributed by atoms with Gasteiger partial charge in [0, 0.05) is 17.9 Å². The Morgan fingerprint density at radius 1 is 1.03 bits per heavy atom. The number of hydrogen-bond donors (Lipinski definition) is 0. The molecule has 1 aromatic rings. The number of piperidine rings is 1. The summed E-state index contributed by atoms with van der Waals surface area (Å²) in [5, 5.41) is 5.69. The number of halogens is 3. The third kappa shape index (κ3) is 3.20. The zero-order chi connectivity index (χ0) is 22.1. The predicted octanol–water partition coefficient (Wildman–Crippen LogP) is 5.06. The first-order chi connectivity index (χ1) is 15.3. The van der Waals surface area contributed by atoms with Crippen LogP contribution in [0.2, 0.25) is 0 Å². The number of hydroxylamine groups is 1. The van der Waals surface area contributed by atoms with E-state index in [-0.39, 0.29) is 11.3 Å². The lowest BCUT2D eigenvalue weighted by atomic mass is 9.49. The van der Waals surface area contributed by atoms with Crippen molar-refractivity contribution in [3.63, 3.8) is 0 Å². The summed E-state index contributed by atoms with van der Waals surface area (Å²) in [7, 11) is 0. The van der Waals surface area contributed by atoms with E-state index in [2.05, 4.69) is 10.0 Å². The molecule has 0 N–H and O–H groups in total. The molecule has 0 amide bonds. The first-order valence-corrected chi connectivity index (χ1v) is 11.8. The largest absolute Gasteiger partial charge is 0.493 e. The summed E-state index contributed by atoms with van der Waals surface area (Å²) in [4.78, 5) is 18.9. The first-order valence-electron chi connectivity index (χ1n) is 11.8. The summed E-state index contributed by atoms with van der Waals surface area (Å²) < 4.78 is 39.3. The quantitative estimate of drug-likeness (QED) is 0.650. The van der Waals surface area contributed by atoms with Gasteiger partial charge in [0.15, 0.2) is 6.17 Å². The van der Waals surface area contributed by atoms with Crippen molar-refractivity contribution in [1.29, 1.82) is 0 Å². The summed E-state index contributed by atoms with van der Waals surface area (Å²) in [6.45, 7) is 0.731. The average Bonchev–Trinajstić information content (AvgIpc) is 3.12. The summed E-state index contributed by atoms with van der Waals surface area (Å²) in [5.41, 5.74) is 0.947. The molecule has 2 aliphatic heterocycles. The Morgan fingerprint density at radius 3 is 2.25 bits per heavy atom. The van der Waals surface area contributed by atoms with Gasteiger partial charge in [-0.25, -0.2) is 4.79 Å². The third-order valence-electron chi connectivity index (χ3n) is 8.43. The Labute approximate surface area is 185 Å². The minimum atomic E-state index is -5.05. The molecule has 4 bridgehead atoms. The number of rotatable bonds is 3. The Kier molecular flexibility index (Phi) is 4.53. The molecule has 4 saturated carbocycles. The van der Waals surface area contributed by atoms with Gasteiger partial charge in [-0.1, -0.05) is 35.5 Å². The molecular weight excluding hydrogens is 419 g/mol. The van der Waals surface area contributed by atoms with Crippen LogP contribution in [0.3, 0.4) is 0 Å². The molecule has 0 spiro atoms. The molecule has 6 aliphatic rings. The number of hydrazone groups is 1. The Morgan fingerprint density at radius 2 is 1.66 bits per heavy atom. The lowest BCUT2D eigenvalue weighted by Gasteiger charge is -2.57. The Hall–Kier alpha value is -2.25. The van der Waals surface area contributed by atoms with E-state index in [1.165, 1.54) is 19.3 Å². The lowest BCUT2D eigenvalue weighted by molar-refractivity contribution is -0.253. The highest BCUT2D eigenvalue weighted by Gasteiger charge is 2.59. The molecule has 2 heterocycles. The number of alkyl halides is 3. The Bertz CT molecular complexity index is 897. The molecule has 5 nitrogen and oxygen atoms in total. The van der Waals surface area contributed by atoms with Crippen LogP contribution >= 0.6 is 0 Å². The van der Waals surface area contributed by atoms with Gasteiger partial charge < -0.3 is 9.74 Å². The maximum atomic E-state index is 13.1. The van der Waals surface area contributed by atoms with Crippen LogP contribution in [0.1, 0.15) is 62.8 Å². The van der Waals surface area contributed by atoms with E-state index in [0.717, 1.165) is 55.2 Å². The molecule has 4 aliphatic carbocycles. The minimum Gasteiger partial charge on any atom is -0.333 e. The van der Waals surface area contributed by atoms with Gasteiger partial charge in [-0.05, 0) is 74.7 Å². The van der Waals surface area contributed by atoms with E-state index in [1.807, 2.05) is 30.3 Å². The summed E-state index contributed by atoms with van der Waals surface area (Å²) >= 11 is 0. The number of nitrogens with zero attached hydrogens (tertiary/aromatic N) is 3. The topological polar surface area (TPSA) is 45.1 Å². The molecule has 0 aromatic heterocycles. The molecule has 5 fully saturated rings. The van der Waals surface area contributed by atoms with Gasteiger partial charge in [0.05, 0.1) is 0 Å². The molecule has 2 unspecified atom stereocenters. The van der Waals surface area contributed by atoms with Crippen LogP contribution in [0, 0.1) is 23.2 Å². The second kappa shape index (κ2) is 7.12. The second-order valence-electron chi connectivity index (χ2n) is 10.6. The highest BCUT2D eigenvalue weighted by Crippen LogP contribution is 2.62. The zero-order valence-electron chi connectivity index (χ0n) is 17.9. The van der Waals surface area contributed by atoms with Gasteiger partial charge in [0.25, 0.3) is 0 Å². The molecule has 1 aromatic carbocycles. The maximum Gasteiger partial charge on any atom is 0.493 e. The van der Waals surface area contributed by atoms with Gasteiger partial charge in [0.2, 0.25) is 0 Å². The van der Waals surface area contributed by atoms with Crippen LogP contribution < -0.4 is 0 Å². The van der Waals surface area contributed by atoms with Crippen molar-refractivity contribution in [3.8, 4) is 0 Å². The highest BCUT2D eigenvalue weighted by atomic mass is 19.4. The van der Waals surface area contributed by atoms with Crippen LogP contribution in [0.5, 0.6) is 0 Å². The highest BCUT2D eigenvalue weighted by molar-refractivity contribution is 5.90. The van der Waals surface area contributed by atoms with Crippen molar-refractivity contribution in [2.45, 2.75) is 69.6 Å². The molecule has 1 saturated heterocycles. The van der Waals surface area contributed by atoms with Gasteiger partial charge in [-0.2, -0.15) is 13.2 Å². The van der Waals surface area contributed by atoms with Crippen molar-refractivity contribution in [1.82, 2.24) is 10.1 Å². The van der Waals surface area contributed by atoms with Crippen molar-refractivity contribution in [3.05, 3.63) is 35.9 Å². The number of benzene rings is 1. The summed E-state index contributed by atoms with van der Waals surface area (Å²) in [6, 6.07) is 9.81. The van der Waals surface area contributed by atoms with Crippen LogP contribution in [-0.2, 0) is 9.63 Å².